The molecule has 1 amide bonds. The van der Waals surface area contributed by atoms with Gasteiger partial charge in [-0.25, -0.2) is 8.78 Å². The summed E-state index contributed by atoms with van der Waals surface area (Å²) >= 11 is 5.60. The van der Waals surface area contributed by atoms with Crippen LogP contribution in [0, 0.1) is 28.9 Å². The van der Waals surface area contributed by atoms with Crippen LogP contribution in [-0.4, -0.2) is 25.5 Å². The second kappa shape index (κ2) is 5.73. The monoisotopic (exact) mass is 299 g/mol. The van der Waals surface area contributed by atoms with Gasteiger partial charge in [-0.05, 0) is 12.5 Å². The summed E-state index contributed by atoms with van der Waals surface area (Å²) < 4.78 is 26.8. The lowest BCUT2D eigenvalue weighted by Gasteiger charge is -2.22. The summed E-state index contributed by atoms with van der Waals surface area (Å²) in [5.41, 5.74) is -0.0939. The van der Waals surface area contributed by atoms with Crippen LogP contribution in [0.3, 0.4) is 0 Å². The molecule has 0 unspecified atom stereocenters. The minimum absolute atomic E-state index is 0.0939. The quantitative estimate of drug-likeness (QED) is 0.851. The summed E-state index contributed by atoms with van der Waals surface area (Å²) in [5, 5.41) is 11.5. The van der Waals surface area contributed by atoms with E-state index in [1.807, 2.05) is 0 Å². The lowest BCUT2D eigenvalue weighted by molar-refractivity contribution is -0.120. The zero-order chi connectivity index (χ0) is 14.9. The fourth-order valence-corrected chi connectivity index (χ4v) is 2.30. The Bertz CT molecular complexity index is 588. The van der Waals surface area contributed by atoms with Gasteiger partial charge in [0.1, 0.15) is 11.6 Å². The van der Waals surface area contributed by atoms with Gasteiger partial charge in [-0.2, -0.15) is 5.26 Å². The number of anilines is 1. The Morgan fingerprint density at radius 2 is 2.20 bits per heavy atom. The molecule has 0 saturated carbocycles. The van der Waals surface area contributed by atoms with Gasteiger partial charge < -0.3 is 10.2 Å². The molecular formula is C13H12ClF2N3O. The fraction of sp³-hybridized carbons (Fsp3) is 0.385. The van der Waals surface area contributed by atoms with Crippen molar-refractivity contribution in [3.8, 4) is 6.07 Å². The number of benzene rings is 1. The van der Waals surface area contributed by atoms with Crippen molar-refractivity contribution in [3.05, 3.63) is 28.8 Å². The first-order valence-electron chi connectivity index (χ1n) is 5.99. The molecule has 0 radical (unpaired) electrons. The van der Waals surface area contributed by atoms with E-state index in [4.69, 9.17) is 16.9 Å². The normalized spacial score (nSPS) is 21.6. The maximum Gasteiger partial charge on any atom is 0.243 e. The van der Waals surface area contributed by atoms with E-state index in [9.17, 15) is 13.6 Å². The molecule has 1 saturated heterocycles. The van der Waals surface area contributed by atoms with Crippen LogP contribution in [0.25, 0.3) is 0 Å². The second-order valence-corrected chi connectivity index (χ2v) is 5.04. The third-order valence-corrected chi connectivity index (χ3v) is 3.58. The van der Waals surface area contributed by atoms with Crippen molar-refractivity contribution in [2.24, 2.45) is 5.92 Å². The third kappa shape index (κ3) is 2.74. The molecule has 1 heterocycles. The summed E-state index contributed by atoms with van der Waals surface area (Å²) in [6, 6.07) is 3.24. The first-order chi connectivity index (χ1) is 9.43. The average molecular weight is 300 g/mol. The molecule has 0 bridgehead atoms. The molecule has 7 heteroatoms. The van der Waals surface area contributed by atoms with Crippen molar-refractivity contribution in [2.45, 2.75) is 12.5 Å². The number of nitriles is 1. The molecule has 4 nitrogen and oxygen atoms in total. The van der Waals surface area contributed by atoms with Crippen LogP contribution >= 0.6 is 11.6 Å². The molecule has 0 aliphatic carbocycles. The van der Waals surface area contributed by atoms with Crippen LogP contribution < -0.4 is 10.2 Å². The summed E-state index contributed by atoms with van der Waals surface area (Å²) in [6.45, 7) is 0.424. The van der Waals surface area contributed by atoms with Gasteiger partial charge in [0.05, 0.1) is 28.7 Å². The molecule has 0 spiro atoms. The number of hydrogen-bond donors (Lipinski definition) is 1. The highest BCUT2D eigenvalue weighted by Gasteiger charge is 2.32. The average Bonchev–Trinajstić information content (AvgIpc) is 2.90. The van der Waals surface area contributed by atoms with Gasteiger partial charge in [-0.3, -0.25) is 4.79 Å². The zero-order valence-electron chi connectivity index (χ0n) is 10.7. The Morgan fingerprint density at radius 3 is 2.80 bits per heavy atom. The SMILES string of the molecule is CN(C(=O)[C@@H]1C[C@H](C#N)CN1)c1cc(Cl)c(F)cc1F. The second-order valence-electron chi connectivity index (χ2n) is 4.64. The highest BCUT2D eigenvalue weighted by atomic mass is 35.5. The number of likely N-dealkylation sites (N-methyl/N-ethyl adjacent to an activating group) is 1. The number of amides is 1. The molecule has 106 valence electrons. The van der Waals surface area contributed by atoms with Crippen molar-refractivity contribution in [1.82, 2.24) is 5.32 Å². The fourth-order valence-electron chi connectivity index (χ4n) is 2.14. The summed E-state index contributed by atoms with van der Waals surface area (Å²) in [4.78, 5) is 13.3. The van der Waals surface area contributed by atoms with E-state index >= 15 is 0 Å². The Labute approximate surface area is 119 Å². The van der Waals surface area contributed by atoms with Crippen LogP contribution in [0.5, 0.6) is 0 Å². The largest absolute Gasteiger partial charge is 0.311 e. The Morgan fingerprint density at radius 1 is 1.50 bits per heavy atom. The van der Waals surface area contributed by atoms with E-state index < -0.39 is 17.7 Å². The van der Waals surface area contributed by atoms with Gasteiger partial charge in [0, 0.05) is 19.7 Å². The molecule has 2 atom stereocenters. The number of rotatable bonds is 2. The molecular weight excluding hydrogens is 288 g/mol. The van der Waals surface area contributed by atoms with Crippen LogP contribution in [0.1, 0.15) is 6.42 Å². The number of nitrogens with one attached hydrogen (secondary N) is 1. The summed E-state index contributed by atoms with van der Waals surface area (Å²) in [7, 11) is 1.39. The van der Waals surface area contributed by atoms with Gasteiger partial charge in [-0.1, -0.05) is 11.6 Å². The Hall–Kier alpha value is -1.71. The number of carbonyl (C=O) groups excluding carboxylic acids is 1. The number of halogens is 3. The molecule has 1 N–H and O–H groups in total. The molecule has 1 aliphatic rings. The van der Waals surface area contributed by atoms with Crippen molar-refractivity contribution in [2.75, 3.05) is 18.5 Å². The van der Waals surface area contributed by atoms with E-state index in [1.54, 1.807) is 0 Å². The highest BCUT2D eigenvalue weighted by molar-refractivity contribution is 6.31. The van der Waals surface area contributed by atoms with Crippen LogP contribution in [-0.2, 0) is 4.79 Å². The van der Waals surface area contributed by atoms with Gasteiger partial charge in [0.25, 0.3) is 0 Å². The number of hydrogen-bond acceptors (Lipinski definition) is 3. The van der Waals surface area contributed by atoms with Crippen LogP contribution in [0.15, 0.2) is 12.1 Å². The van der Waals surface area contributed by atoms with Crippen molar-refractivity contribution in [1.29, 1.82) is 5.26 Å². The predicted octanol–water partition coefficient (Wildman–Crippen LogP) is 2.08. The molecule has 1 aromatic carbocycles. The standard InChI is InChI=1S/C13H12ClF2N3O/c1-19(12-3-8(14)9(15)4-10(12)16)13(20)11-2-7(5-17)6-18-11/h3-4,7,11,18H,2,6H2,1H3/t7-,11+/m1/s1. The molecule has 1 fully saturated rings. The summed E-state index contributed by atoms with van der Waals surface area (Å²) in [5.74, 6) is -2.36. The van der Waals surface area contributed by atoms with Crippen molar-refractivity contribution < 1.29 is 13.6 Å². The van der Waals surface area contributed by atoms with E-state index in [0.717, 1.165) is 11.0 Å². The first-order valence-corrected chi connectivity index (χ1v) is 6.37. The minimum atomic E-state index is -0.877. The minimum Gasteiger partial charge on any atom is -0.311 e. The Kier molecular flexibility index (Phi) is 4.21. The lowest BCUT2D eigenvalue weighted by atomic mass is 10.1. The smallest absolute Gasteiger partial charge is 0.243 e. The van der Waals surface area contributed by atoms with Crippen LogP contribution in [0.4, 0.5) is 14.5 Å². The predicted molar refractivity (Wildman–Crippen MR) is 70.3 cm³/mol. The number of nitrogens with zero attached hydrogens (tertiary/aromatic N) is 2. The van der Waals surface area contributed by atoms with Crippen LogP contribution in [0.2, 0.25) is 5.02 Å². The van der Waals surface area contributed by atoms with E-state index in [0.29, 0.717) is 19.0 Å². The topological polar surface area (TPSA) is 56.1 Å². The van der Waals surface area contributed by atoms with Gasteiger partial charge >= 0.3 is 0 Å². The lowest BCUT2D eigenvalue weighted by Crippen LogP contribution is -2.42. The maximum absolute atomic E-state index is 13.7. The van der Waals surface area contributed by atoms with Gasteiger partial charge in [0.15, 0.2) is 0 Å². The van der Waals surface area contributed by atoms with E-state index in [-0.39, 0.29) is 22.5 Å². The van der Waals surface area contributed by atoms with Crippen molar-refractivity contribution >= 4 is 23.2 Å². The third-order valence-electron chi connectivity index (χ3n) is 3.29. The zero-order valence-corrected chi connectivity index (χ0v) is 11.4. The molecule has 1 aromatic rings. The molecule has 2 rings (SSSR count). The Balaban J connectivity index is 2.20. The number of carbonyl (C=O) groups is 1. The maximum atomic E-state index is 13.7. The van der Waals surface area contributed by atoms with E-state index in [1.165, 1.54) is 7.05 Å². The molecule has 20 heavy (non-hydrogen) atoms. The van der Waals surface area contributed by atoms with Gasteiger partial charge in [-0.15, -0.1) is 0 Å². The highest BCUT2D eigenvalue weighted by Crippen LogP contribution is 2.27. The van der Waals surface area contributed by atoms with E-state index in [2.05, 4.69) is 11.4 Å². The molecule has 1 aliphatic heterocycles. The van der Waals surface area contributed by atoms with Gasteiger partial charge in [0.2, 0.25) is 5.91 Å². The molecule has 0 aromatic heterocycles. The first kappa shape index (κ1) is 14.7. The summed E-state index contributed by atoms with van der Waals surface area (Å²) in [6.07, 6.45) is 0.371. The van der Waals surface area contributed by atoms with Crippen molar-refractivity contribution in [3.63, 3.8) is 0 Å².